The van der Waals surface area contributed by atoms with E-state index >= 15 is 0 Å². The number of amidine groups is 1. The third-order valence-corrected chi connectivity index (χ3v) is 4.40. The zero-order chi connectivity index (χ0) is 12.3. The molecule has 1 spiro atoms. The first kappa shape index (κ1) is 11.8. The molecular formula is C16H22N2. The highest BCUT2D eigenvalue weighted by atomic mass is 15.0. The van der Waals surface area contributed by atoms with Crippen LogP contribution in [0.4, 0.5) is 0 Å². The summed E-state index contributed by atoms with van der Waals surface area (Å²) in [6.07, 6.45) is 7.89. The zero-order valence-corrected chi connectivity index (χ0v) is 11.0. The number of aliphatic imine (C=N–C) groups is 1. The molecule has 3 rings (SSSR count). The van der Waals surface area contributed by atoms with Crippen molar-refractivity contribution in [2.24, 2.45) is 10.4 Å². The van der Waals surface area contributed by atoms with Crippen molar-refractivity contribution >= 4 is 5.84 Å². The first-order valence-electron chi connectivity index (χ1n) is 7.18. The summed E-state index contributed by atoms with van der Waals surface area (Å²) < 4.78 is 0. The molecule has 2 aliphatic rings. The fourth-order valence-electron chi connectivity index (χ4n) is 3.21. The van der Waals surface area contributed by atoms with E-state index in [1.165, 1.54) is 43.5 Å². The van der Waals surface area contributed by atoms with Crippen molar-refractivity contribution in [3.05, 3.63) is 35.9 Å². The first-order chi connectivity index (χ1) is 8.86. The normalized spacial score (nSPS) is 22.3. The summed E-state index contributed by atoms with van der Waals surface area (Å²) in [7, 11) is 0. The van der Waals surface area contributed by atoms with Gasteiger partial charge in [0, 0.05) is 24.9 Å². The van der Waals surface area contributed by atoms with Crippen LogP contribution in [0.25, 0.3) is 0 Å². The van der Waals surface area contributed by atoms with Crippen molar-refractivity contribution in [1.82, 2.24) is 5.32 Å². The van der Waals surface area contributed by atoms with Crippen LogP contribution in [0.5, 0.6) is 0 Å². The predicted octanol–water partition coefficient (Wildman–Crippen LogP) is 3.18. The molecule has 2 nitrogen and oxygen atoms in total. The minimum absolute atomic E-state index is 0.485. The lowest BCUT2D eigenvalue weighted by Crippen LogP contribution is -2.46. The molecule has 1 heterocycles. The van der Waals surface area contributed by atoms with Crippen LogP contribution >= 0.6 is 0 Å². The van der Waals surface area contributed by atoms with Crippen LogP contribution in [0.3, 0.4) is 0 Å². The molecule has 1 aromatic carbocycles. The molecule has 1 fully saturated rings. The monoisotopic (exact) mass is 242 g/mol. The third kappa shape index (κ3) is 2.58. The quantitative estimate of drug-likeness (QED) is 0.846. The molecule has 2 heteroatoms. The Kier molecular flexibility index (Phi) is 3.35. The van der Waals surface area contributed by atoms with Crippen LogP contribution < -0.4 is 5.32 Å². The second-order valence-electron chi connectivity index (χ2n) is 5.84. The lowest BCUT2D eigenvalue weighted by molar-refractivity contribution is 0.194. The van der Waals surface area contributed by atoms with Crippen molar-refractivity contribution in [2.75, 3.05) is 13.1 Å². The van der Waals surface area contributed by atoms with Gasteiger partial charge in [-0.05, 0) is 18.4 Å². The SMILES string of the molecule is c1ccc(CC2=NCC3(CCCCC3)CN2)cc1. The molecule has 0 aromatic heterocycles. The number of benzene rings is 1. The maximum Gasteiger partial charge on any atom is 0.101 e. The Bertz CT molecular complexity index is 416. The van der Waals surface area contributed by atoms with Crippen LogP contribution in [0.2, 0.25) is 0 Å². The summed E-state index contributed by atoms with van der Waals surface area (Å²) in [6, 6.07) is 10.6. The van der Waals surface area contributed by atoms with E-state index in [1.807, 2.05) is 0 Å². The predicted molar refractivity (Wildman–Crippen MR) is 76.0 cm³/mol. The summed E-state index contributed by atoms with van der Waals surface area (Å²) in [6.45, 7) is 2.18. The van der Waals surface area contributed by atoms with Crippen molar-refractivity contribution in [2.45, 2.75) is 38.5 Å². The van der Waals surface area contributed by atoms with Crippen LogP contribution in [-0.2, 0) is 6.42 Å². The number of nitrogens with zero attached hydrogens (tertiary/aromatic N) is 1. The number of hydrogen-bond acceptors (Lipinski definition) is 2. The van der Waals surface area contributed by atoms with Crippen molar-refractivity contribution in [3.8, 4) is 0 Å². The molecule has 0 unspecified atom stereocenters. The Labute approximate surface area is 110 Å². The Morgan fingerprint density at radius 3 is 2.50 bits per heavy atom. The fourth-order valence-corrected chi connectivity index (χ4v) is 3.21. The van der Waals surface area contributed by atoms with E-state index in [2.05, 4.69) is 35.6 Å². The van der Waals surface area contributed by atoms with Gasteiger partial charge >= 0.3 is 0 Å². The van der Waals surface area contributed by atoms with Gasteiger partial charge in [0.1, 0.15) is 5.84 Å². The second-order valence-corrected chi connectivity index (χ2v) is 5.84. The summed E-state index contributed by atoms with van der Waals surface area (Å²) in [4.78, 5) is 4.81. The number of hydrogen-bond donors (Lipinski definition) is 1. The van der Waals surface area contributed by atoms with E-state index in [4.69, 9.17) is 4.99 Å². The summed E-state index contributed by atoms with van der Waals surface area (Å²) >= 11 is 0. The number of rotatable bonds is 2. The molecule has 18 heavy (non-hydrogen) atoms. The average molecular weight is 242 g/mol. The van der Waals surface area contributed by atoms with Crippen molar-refractivity contribution < 1.29 is 0 Å². The van der Waals surface area contributed by atoms with Gasteiger partial charge in [0.2, 0.25) is 0 Å². The molecule has 1 aromatic rings. The largest absolute Gasteiger partial charge is 0.373 e. The topological polar surface area (TPSA) is 24.4 Å². The zero-order valence-electron chi connectivity index (χ0n) is 11.0. The van der Waals surface area contributed by atoms with Crippen molar-refractivity contribution in [3.63, 3.8) is 0 Å². The summed E-state index contributed by atoms with van der Waals surface area (Å²) in [5.74, 6) is 1.18. The molecular weight excluding hydrogens is 220 g/mol. The number of nitrogens with one attached hydrogen (secondary N) is 1. The molecule has 1 saturated carbocycles. The molecule has 0 atom stereocenters. The van der Waals surface area contributed by atoms with E-state index in [1.54, 1.807) is 0 Å². The highest BCUT2D eigenvalue weighted by molar-refractivity contribution is 5.85. The molecule has 0 radical (unpaired) electrons. The van der Waals surface area contributed by atoms with Gasteiger partial charge in [-0.25, -0.2) is 0 Å². The van der Waals surface area contributed by atoms with E-state index in [0.717, 1.165) is 19.5 Å². The smallest absolute Gasteiger partial charge is 0.101 e. The molecule has 96 valence electrons. The average Bonchev–Trinajstić information content (AvgIpc) is 2.44. The van der Waals surface area contributed by atoms with Crippen LogP contribution in [0.15, 0.2) is 35.3 Å². The van der Waals surface area contributed by atoms with E-state index in [-0.39, 0.29) is 0 Å². The maximum atomic E-state index is 4.81. The Balaban J connectivity index is 1.63. The van der Waals surface area contributed by atoms with Gasteiger partial charge in [-0.2, -0.15) is 0 Å². The van der Waals surface area contributed by atoms with Gasteiger partial charge in [0.05, 0.1) is 0 Å². The van der Waals surface area contributed by atoms with E-state index in [9.17, 15) is 0 Å². The molecule has 1 aliphatic carbocycles. The third-order valence-electron chi connectivity index (χ3n) is 4.40. The summed E-state index contributed by atoms with van der Waals surface area (Å²) in [5.41, 5.74) is 1.83. The Morgan fingerprint density at radius 1 is 1.06 bits per heavy atom. The van der Waals surface area contributed by atoms with Gasteiger partial charge < -0.3 is 5.32 Å². The fraction of sp³-hybridized carbons (Fsp3) is 0.562. The highest BCUT2D eigenvalue weighted by Crippen LogP contribution is 2.37. The van der Waals surface area contributed by atoms with E-state index in [0.29, 0.717) is 5.41 Å². The minimum atomic E-state index is 0.485. The lowest BCUT2D eigenvalue weighted by Gasteiger charge is -2.39. The standard InChI is InChI=1S/C16H22N2/c1-3-7-14(8-4-1)11-15-17-12-16(13-18-15)9-5-2-6-10-16/h1,3-4,7-8H,2,5-6,9-13H2,(H,17,18). The molecule has 1 aliphatic heterocycles. The molecule has 0 saturated heterocycles. The van der Waals surface area contributed by atoms with Gasteiger partial charge in [0.25, 0.3) is 0 Å². The Hall–Kier alpha value is -1.31. The Morgan fingerprint density at radius 2 is 1.83 bits per heavy atom. The van der Waals surface area contributed by atoms with Crippen LogP contribution in [0.1, 0.15) is 37.7 Å². The van der Waals surface area contributed by atoms with Gasteiger partial charge in [-0.15, -0.1) is 0 Å². The van der Waals surface area contributed by atoms with Crippen LogP contribution in [0, 0.1) is 5.41 Å². The highest BCUT2D eigenvalue weighted by Gasteiger charge is 2.34. The van der Waals surface area contributed by atoms with Gasteiger partial charge in [-0.3, -0.25) is 4.99 Å². The lowest BCUT2D eigenvalue weighted by atomic mass is 9.73. The first-order valence-corrected chi connectivity index (χ1v) is 7.18. The van der Waals surface area contributed by atoms with Crippen molar-refractivity contribution in [1.29, 1.82) is 0 Å². The van der Waals surface area contributed by atoms with Gasteiger partial charge in [-0.1, -0.05) is 49.6 Å². The molecule has 1 N–H and O–H groups in total. The molecule has 0 amide bonds. The van der Waals surface area contributed by atoms with Gasteiger partial charge in [0.15, 0.2) is 0 Å². The minimum Gasteiger partial charge on any atom is -0.373 e. The summed E-state index contributed by atoms with van der Waals surface area (Å²) in [5, 5.41) is 3.58. The maximum absolute atomic E-state index is 4.81. The van der Waals surface area contributed by atoms with E-state index < -0.39 is 0 Å². The second kappa shape index (κ2) is 5.13. The molecule has 0 bridgehead atoms. The van der Waals surface area contributed by atoms with Crippen LogP contribution in [-0.4, -0.2) is 18.9 Å².